The van der Waals surface area contributed by atoms with Crippen LogP contribution in [-0.2, 0) is 22.5 Å². The highest BCUT2D eigenvalue weighted by atomic mass is 16.5. The largest absolute Gasteiger partial charge is 0.379 e. The van der Waals surface area contributed by atoms with Crippen molar-refractivity contribution in [3.8, 4) is 6.07 Å². The molecule has 0 aliphatic carbocycles. The summed E-state index contributed by atoms with van der Waals surface area (Å²) in [5.41, 5.74) is 3.14. The van der Waals surface area contributed by atoms with Crippen LogP contribution in [0, 0.1) is 31.1 Å². The van der Waals surface area contributed by atoms with E-state index in [4.69, 9.17) is 10.00 Å². The molecule has 1 N–H and O–H groups in total. The van der Waals surface area contributed by atoms with E-state index in [9.17, 15) is 4.79 Å². The quantitative estimate of drug-likeness (QED) is 0.663. The van der Waals surface area contributed by atoms with E-state index in [2.05, 4.69) is 35.2 Å². The number of aryl methyl sites for hydroxylation is 2. The Morgan fingerprint density at radius 2 is 2.04 bits per heavy atom. The molecule has 2 rings (SSSR count). The highest BCUT2D eigenvalue weighted by molar-refractivity contribution is 5.76. The van der Waals surface area contributed by atoms with Crippen molar-refractivity contribution in [3.63, 3.8) is 0 Å². The summed E-state index contributed by atoms with van der Waals surface area (Å²) >= 11 is 0. The predicted octanol–water partition coefficient (Wildman–Crippen LogP) is 2.21. The van der Waals surface area contributed by atoms with Gasteiger partial charge in [-0.1, -0.05) is 13.8 Å². The maximum absolute atomic E-state index is 12.5. The van der Waals surface area contributed by atoms with E-state index >= 15 is 0 Å². The molecule has 1 fully saturated rings. The molecule has 156 valence electrons. The van der Waals surface area contributed by atoms with Crippen molar-refractivity contribution in [1.29, 1.82) is 5.26 Å². The molecule has 1 amide bonds. The maximum Gasteiger partial charge on any atom is 0.220 e. The second-order valence-corrected chi connectivity index (χ2v) is 8.02. The SMILES string of the molecule is Cc1nn(CCC#N)c(C)c1CCC(=O)NCC(CC(C)C)N1CCOCC1. The molecule has 1 aliphatic rings. The van der Waals surface area contributed by atoms with Crippen molar-refractivity contribution in [1.82, 2.24) is 20.0 Å². The number of carbonyl (C=O) groups is 1. The molecule has 28 heavy (non-hydrogen) atoms. The molecule has 1 aromatic rings. The minimum Gasteiger partial charge on any atom is -0.379 e. The second-order valence-electron chi connectivity index (χ2n) is 8.02. The number of hydrogen-bond acceptors (Lipinski definition) is 5. The Hall–Kier alpha value is -1.91. The summed E-state index contributed by atoms with van der Waals surface area (Å²) in [4.78, 5) is 14.9. The maximum atomic E-state index is 12.5. The van der Waals surface area contributed by atoms with E-state index in [1.807, 2.05) is 18.5 Å². The van der Waals surface area contributed by atoms with E-state index in [0.717, 1.165) is 49.7 Å². The van der Waals surface area contributed by atoms with E-state index in [1.54, 1.807) is 0 Å². The van der Waals surface area contributed by atoms with Crippen LogP contribution in [0.25, 0.3) is 0 Å². The van der Waals surface area contributed by atoms with Crippen LogP contribution in [0.1, 0.15) is 50.1 Å². The van der Waals surface area contributed by atoms with Gasteiger partial charge in [0.1, 0.15) is 0 Å². The normalized spacial score (nSPS) is 16.1. The number of nitrogens with zero attached hydrogens (tertiary/aromatic N) is 4. The molecule has 7 nitrogen and oxygen atoms in total. The van der Waals surface area contributed by atoms with Gasteiger partial charge < -0.3 is 10.1 Å². The molecule has 0 radical (unpaired) electrons. The Morgan fingerprint density at radius 3 is 2.68 bits per heavy atom. The third-order valence-corrected chi connectivity index (χ3v) is 5.41. The van der Waals surface area contributed by atoms with Crippen molar-refractivity contribution < 1.29 is 9.53 Å². The molecule has 1 atom stereocenters. The van der Waals surface area contributed by atoms with Crippen molar-refractivity contribution in [2.45, 2.75) is 66.0 Å². The monoisotopic (exact) mass is 389 g/mol. The molecule has 1 unspecified atom stereocenters. The lowest BCUT2D eigenvalue weighted by Crippen LogP contribution is -2.49. The van der Waals surface area contributed by atoms with Gasteiger partial charge in [-0.3, -0.25) is 14.4 Å². The molecule has 0 aromatic carbocycles. The second kappa shape index (κ2) is 11.2. The van der Waals surface area contributed by atoms with Crippen molar-refractivity contribution >= 4 is 5.91 Å². The zero-order valence-electron chi connectivity index (χ0n) is 17.8. The average Bonchev–Trinajstić information content (AvgIpc) is 2.95. The molecule has 0 bridgehead atoms. The van der Waals surface area contributed by atoms with Crippen LogP contribution in [0.5, 0.6) is 0 Å². The number of morpholine rings is 1. The molecular formula is C21H35N5O2. The van der Waals surface area contributed by atoms with Crippen LogP contribution in [0.4, 0.5) is 0 Å². The number of nitriles is 1. The standard InChI is InChI=1S/C21H35N5O2/c1-16(2)14-19(25-10-12-28-13-11-25)15-23-21(27)7-6-20-17(3)24-26(18(20)4)9-5-8-22/h16,19H,5-7,9-15H2,1-4H3,(H,23,27). The van der Waals surface area contributed by atoms with Gasteiger partial charge in [0.25, 0.3) is 0 Å². The molecule has 1 saturated heterocycles. The number of nitrogens with one attached hydrogen (secondary N) is 1. The Morgan fingerprint density at radius 1 is 1.32 bits per heavy atom. The fraction of sp³-hybridized carbons (Fsp3) is 0.762. The zero-order valence-corrected chi connectivity index (χ0v) is 17.8. The lowest BCUT2D eigenvalue weighted by atomic mass is 10.0. The summed E-state index contributed by atoms with van der Waals surface area (Å²) in [6.45, 7) is 13.2. The van der Waals surface area contributed by atoms with Crippen LogP contribution in [0.15, 0.2) is 0 Å². The van der Waals surface area contributed by atoms with Gasteiger partial charge in [0, 0.05) is 37.8 Å². The number of rotatable bonds is 10. The number of amides is 1. The number of hydrogen-bond donors (Lipinski definition) is 1. The fourth-order valence-electron chi connectivity index (χ4n) is 3.88. The van der Waals surface area contributed by atoms with E-state index < -0.39 is 0 Å². The predicted molar refractivity (Wildman–Crippen MR) is 109 cm³/mol. The topological polar surface area (TPSA) is 83.2 Å². The van der Waals surface area contributed by atoms with Gasteiger partial charge in [0.2, 0.25) is 5.91 Å². The van der Waals surface area contributed by atoms with E-state index in [-0.39, 0.29) is 5.91 Å². The third kappa shape index (κ3) is 6.61. The minimum atomic E-state index is 0.0885. The first-order valence-corrected chi connectivity index (χ1v) is 10.4. The highest BCUT2D eigenvalue weighted by Gasteiger charge is 2.22. The van der Waals surface area contributed by atoms with Crippen LogP contribution in [0.2, 0.25) is 0 Å². The lowest BCUT2D eigenvalue weighted by Gasteiger charge is -2.35. The minimum absolute atomic E-state index is 0.0885. The zero-order chi connectivity index (χ0) is 20.5. The molecule has 0 spiro atoms. The summed E-state index contributed by atoms with van der Waals surface area (Å²) in [7, 11) is 0. The van der Waals surface area contributed by atoms with Gasteiger partial charge >= 0.3 is 0 Å². The third-order valence-electron chi connectivity index (χ3n) is 5.41. The molecule has 1 aliphatic heterocycles. The number of carbonyl (C=O) groups excluding carboxylic acids is 1. The number of aromatic nitrogens is 2. The Balaban J connectivity index is 1.85. The van der Waals surface area contributed by atoms with Crippen LogP contribution in [0.3, 0.4) is 0 Å². The smallest absolute Gasteiger partial charge is 0.220 e. The molecule has 1 aromatic heterocycles. The van der Waals surface area contributed by atoms with Gasteiger partial charge in [0.15, 0.2) is 0 Å². The average molecular weight is 390 g/mol. The van der Waals surface area contributed by atoms with E-state index in [0.29, 0.717) is 44.3 Å². The van der Waals surface area contributed by atoms with Crippen LogP contribution < -0.4 is 5.32 Å². The molecule has 0 saturated carbocycles. The summed E-state index contributed by atoms with van der Waals surface area (Å²) in [5, 5.41) is 16.4. The highest BCUT2D eigenvalue weighted by Crippen LogP contribution is 2.16. The lowest BCUT2D eigenvalue weighted by molar-refractivity contribution is -0.121. The van der Waals surface area contributed by atoms with Crippen molar-refractivity contribution in [2.75, 3.05) is 32.8 Å². The summed E-state index contributed by atoms with van der Waals surface area (Å²) in [5.74, 6) is 0.680. The van der Waals surface area contributed by atoms with Gasteiger partial charge in [-0.15, -0.1) is 0 Å². The van der Waals surface area contributed by atoms with Gasteiger partial charge in [0.05, 0.1) is 37.9 Å². The van der Waals surface area contributed by atoms with Crippen LogP contribution >= 0.6 is 0 Å². The Labute approximate surface area is 169 Å². The first-order valence-electron chi connectivity index (χ1n) is 10.4. The Bertz CT molecular complexity index is 671. The van der Waals surface area contributed by atoms with Crippen molar-refractivity contribution in [2.24, 2.45) is 5.92 Å². The Kier molecular flexibility index (Phi) is 8.94. The van der Waals surface area contributed by atoms with Crippen LogP contribution in [-0.4, -0.2) is 59.5 Å². The van der Waals surface area contributed by atoms with E-state index in [1.165, 1.54) is 0 Å². The van der Waals surface area contributed by atoms with Gasteiger partial charge in [-0.05, 0) is 38.2 Å². The summed E-state index contributed by atoms with van der Waals surface area (Å²) in [6, 6.07) is 2.52. The summed E-state index contributed by atoms with van der Waals surface area (Å²) in [6.07, 6.45) is 2.66. The molecule has 7 heteroatoms. The molecular weight excluding hydrogens is 354 g/mol. The first kappa shape index (κ1) is 22.4. The molecule has 2 heterocycles. The van der Waals surface area contributed by atoms with Gasteiger partial charge in [-0.25, -0.2) is 0 Å². The van der Waals surface area contributed by atoms with Crippen molar-refractivity contribution in [3.05, 3.63) is 17.0 Å². The van der Waals surface area contributed by atoms with Gasteiger partial charge in [-0.2, -0.15) is 10.4 Å². The number of ether oxygens (including phenoxy) is 1. The fourth-order valence-corrected chi connectivity index (χ4v) is 3.88. The first-order chi connectivity index (χ1) is 13.4. The summed E-state index contributed by atoms with van der Waals surface area (Å²) < 4.78 is 7.34.